The van der Waals surface area contributed by atoms with Gasteiger partial charge in [0, 0.05) is 30.6 Å². The van der Waals surface area contributed by atoms with Crippen LogP contribution in [-0.2, 0) is 19.1 Å². The van der Waals surface area contributed by atoms with Gasteiger partial charge >= 0.3 is 11.9 Å². The second kappa shape index (κ2) is 5.58. The highest BCUT2D eigenvalue weighted by atomic mass is 32.2. The average molecular weight is 293 g/mol. The van der Waals surface area contributed by atoms with Crippen LogP contribution in [-0.4, -0.2) is 24.0 Å². The molecule has 0 atom stereocenters. The summed E-state index contributed by atoms with van der Waals surface area (Å²) in [6.07, 6.45) is 3.27. The lowest BCUT2D eigenvalue weighted by molar-refractivity contribution is -0.222. The van der Waals surface area contributed by atoms with Gasteiger partial charge in [-0.2, -0.15) is 0 Å². The van der Waals surface area contributed by atoms with E-state index in [1.165, 1.54) is 20.0 Å². The van der Waals surface area contributed by atoms with Crippen LogP contribution in [0.25, 0.3) is 0 Å². The number of anilines is 1. The van der Waals surface area contributed by atoms with E-state index in [4.69, 9.17) is 9.47 Å². The Bertz CT molecular complexity index is 558. The number of esters is 2. The van der Waals surface area contributed by atoms with Crippen molar-refractivity contribution in [2.75, 3.05) is 11.6 Å². The van der Waals surface area contributed by atoms with Gasteiger partial charge in [0.05, 0.1) is 0 Å². The Morgan fingerprint density at radius 3 is 2.45 bits per heavy atom. The molecule has 1 aliphatic rings. The van der Waals surface area contributed by atoms with E-state index >= 15 is 0 Å². The molecule has 0 radical (unpaired) electrons. The number of thioether (sulfide) groups is 1. The zero-order chi connectivity index (χ0) is 14.8. The maximum absolute atomic E-state index is 11.7. The van der Waals surface area contributed by atoms with Crippen molar-refractivity contribution < 1.29 is 19.1 Å². The molecular weight excluding hydrogens is 278 g/mol. The van der Waals surface area contributed by atoms with E-state index < -0.39 is 17.7 Å². The number of carbonyl (C=O) groups is 2. The third kappa shape index (κ3) is 3.33. The fourth-order valence-corrected chi connectivity index (χ4v) is 2.11. The smallest absolute Gasteiger partial charge is 0.350 e. The molecule has 0 aliphatic carbocycles. The fourth-order valence-electron chi connectivity index (χ4n) is 1.65. The lowest BCUT2D eigenvalue weighted by Crippen LogP contribution is -2.42. The van der Waals surface area contributed by atoms with Crippen LogP contribution in [0.4, 0.5) is 5.69 Å². The average Bonchev–Trinajstić information content (AvgIpc) is 2.36. The van der Waals surface area contributed by atoms with E-state index in [2.05, 4.69) is 5.32 Å². The molecule has 5 nitrogen and oxygen atoms in total. The molecule has 1 aliphatic heterocycles. The first-order chi connectivity index (χ1) is 9.41. The summed E-state index contributed by atoms with van der Waals surface area (Å²) in [5.41, 5.74) is 0.619. The van der Waals surface area contributed by atoms with Crippen molar-refractivity contribution in [1.29, 1.82) is 0 Å². The lowest BCUT2D eigenvalue weighted by atomic mass is 10.2. The lowest BCUT2D eigenvalue weighted by Gasteiger charge is -2.29. The molecule has 20 heavy (non-hydrogen) atoms. The minimum Gasteiger partial charge on any atom is -0.419 e. The Balaban J connectivity index is 2.15. The van der Waals surface area contributed by atoms with E-state index in [0.29, 0.717) is 0 Å². The van der Waals surface area contributed by atoms with Crippen molar-refractivity contribution >= 4 is 29.4 Å². The minimum absolute atomic E-state index is 0.154. The molecule has 0 saturated carbocycles. The van der Waals surface area contributed by atoms with Crippen molar-refractivity contribution in [3.05, 3.63) is 36.0 Å². The number of ether oxygens (including phenoxy) is 2. The predicted octanol–water partition coefficient (Wildman–Crippen LogP) is 2.54. The maximum atomic E-state index is 11.7. The summed E-state index contributed by atoms with van der Waals surface area (Å²) in [7, 11) is 0. The van der Waals surface area contributed by atoms with Gasteiger partial charge in [-0.25, -0.2) is 9.59 Å². The molecule has 1 heterocycles. The van der Waals surface area contributed by atoms with Gasteiger partial charge in [0.2, 0.25) is 0 Å². The summed E-state index contributed by atoms with van der Waals surface area (Å²) in [6, 6.07) is 7.59. The van der Waals surface area contributed by atoms with Gasteiger partial charge < -0.3 is 14.8 Å². The Hall–Kier alpha value is -1.95. The molecule has 0 bridgehead atoms. The second-order valence-corrected chi connectivity index (χ2v) is 5.49. The normalized spacial score (nSPS) is 17.2. The Morgan fingerprint density at radius 1 is 1.20 bits per heavy atom. The van der Waals surface area contributed by atoms with Crippen LogP contribution in [0.2, 0.25) is 0 Å². The topological polar surface area (TPSA) is 64.6 Å². The summed E-state index contributed by atoms with van der Waals surface area (Å²) in [4.78, 5) is 24.5. The number of carbonyl (C=O) groups excluding carboxylic acids is 2. The first kappa shape index (κ1) is 14.5. The summed E-state index contributed by atoms with van der Waals surface area (Å²) in [5.74, 6) is -2.61. The zero-order valence-corrected chi connectivity index (χ0v) is 12.2. The predicted molar refractivity (Wildman–Crippen MR) is 76.2 cm³/mol. The van der Waals surface area contributed by atoms with Gasteiger partial charge in [0.1, 0.15) is 0 Å². The quantitative estimate of drug-likeness (QED) is 0.400. The third-order valence-corrected chi connectivity index (χ3v) is 3.30. The van der Waals surface area contributed by atoms with Gasteiger partial charge in [-0.1, -0.05) is 6.07 Å². The van der Waals surface area contributed by atoms with Crippen LogP contribution in [0.5, 0.6) is 0 Å². The molecule has 1 fully saturated rings. The molecular formula is C14H15NO4S. The third-order valence-electron chi connectivity index (χ3n) is 2.57. The van der Waals surface area contributed by atoms with Gasteiger partial charge in [-0.15, -0.1) is 11.8 Å². The summed E-state index contributed by atoms with van der Waals surface area (Å²) in [5, 5.41) is 2.90. The maximum Gasteiger partial charge on any atom is 0.350 e. The Labute approximate surface area is 121 Å². The van der Waals surface area contributed by atoms with Crippen LogP contribution in [0.15, 0.2) is 40.9 Å². The molecule has 1 aromatic rings. The van der Waals surface area contributed by atoms with E-state index in [9.17, 15) is 9.59 Å². The molecule has 0 aromatic heterocycles. The molecule has 1 aromatic carbocycles. The molecule has 0 unspecified atom stereocenters. The van der Waals surface area contributed by atoms with E-state index in [-0.39, 0.29) is 5.57 Å². The van der Waals surface area contributed by atoms with E-state index in [1.54, 1.807) is 11.8 Å². The minimum atomic E-state index is -1.22. The monoisotopic (exact) mass is 293 g/mol. The summed E-state index contributed by atoms with van der Waals surface area (Å²) >= 11 is 1.60. The van der Waals surface area contributed by atoms with Crippen LogP contribution in [0.3, 0.4) is 0 Å². The van der Waals surface area contributed by atoms with Crippen LogP contribution < -0.4 is 5.32 Å². The van der Waals surface area contributed by atoms with Gasteiger partial charge in [-0.3, -0.25) is 0 Å². The molecule has 1 N–H and O–H groups in total. The van der Waals surface area contributed by atoms with Crippen LogP contribution in [0, 0.1) is 0 Å². The first-order valence-electron chi connectivity index (χ1n) is 5.99. The number of rotatable bonds is 3. The Kier molecular flexibility index (Phi) is 4.04. The molecule has 0 spiro atoms. The van der Waals surface area contributed by atoms with Crippen molar-refractivity contribution in [3.8, 4) is 0 Å². The zero-order valence-electron chi connectivity index (χ0n) is 11.4. The highest BCUT2D eigenvalue weighted by Gasteiger charge is 2.38. The van der Waals surface area contributed by atoms with Crippen molar-refractivity contribution in [2.45, 2.75) is 24.5 Å². The van der Waals surface area contributed by atoms with Gasteiger partial charge in [0.25, 0.3) is 5.79 Å². The highest BCUT2D eigenvalue weighted by molar-refractivity contribution is 7.98. The van der Waals surface area contributed by atoms with Crippen molar-refractivity contribution in [3.63, 3.8) is 0 Å². The standard InChI is InChI=1S/C14H15NO4S/c1-14(2)18-12(16)11(13(17)19-14)8-15-9-5-4-6-10(7-9)20-3/h4-8,15H,1-3H3. The molecule has 0 amide bonds. The number of nitrogens with one attached hydrogen (secondary N) is 1. The van der Waals surface area contributed by atoms with Gasteiger partial charge in [-0.05, 0) is 24.5 Å². The Morgan fingerprint density at radius 2 is 1.85 bits per heavy atom. The van der Waals surface area contributed by atoms with Crippen molar-refractivity contribution in [2.24, 2.45) is 0 Å². The SMILES string of the molecule is CSc1cccc(NC=C2C(=O)OC(C)(C)OC2=O)c1. The van der Waals surface area contributed by atoms with E-state index in [1.807, 2.05) is 30.5 Å². The largest absolute Gasteiger partial charge is 0.419 e. The molecule has 2 rings (SSSR count). The van der Waals surface area contributed by atoms with E-state index in [0.717, 1.165) is 10.6 Å². The number of hydrogen-bond donors (Lipinski definition) is 1. The molecule has 6 heteroatoms. The highest BCUT2D eigenvalue weighted by Crippen LogP contribution is 2.23. The summed E-state index contributed by atoms with van der Waals surface area (Å²) in [6.45, 7) is 3.02. The summed E-state index contributed by atoms with van der Waals surface area (Å²) < 4.78 is 9.99. The number of cyclic esters (lactones) is 2. The van der Waals surface area contributed by atoms with Crippen molar-refractivity contribution in [1.82, 2.24) is 0 Å². The molecule has 1 saturated heterocycles. The number of hydrogen-bond acceptors (Lipinski definition) is 6. The fraction of sp³-hybridized carbons (Fsp3) is 0.286. The van der Waals surface area contributed by atoms with Crippen LogP contribution >= 0.6 is 11.8 Å². The van der Waals surface area contributed by atoms with Crippen LogP contribution in [0.1, 0.15) is 13.8 Å². The molecule has 106 valence electrons. The number of benzene rings is 1. The second-order valence-electron chi connectivity index (χ2n) is 4.61. The first-order valence-corrected chi connectivity index (χ1v) is 7.21. The van der Waals surface area contributed by atoms with Gasteiger partial charge in [0.15, 0.2) is 5.57 Å².